The molecular formula is C10H9O4-. The molecular weight excluding hydrogens is 184 g/mol. The molecule has 0 bridgehead atoms. The second kappa shape index (κ2) is 4.41. The molecule has 0 fully saturated rings. The Morgan fingerprint density at radius 2 is 1.86 bits per heavy atom. The fourth-order valence-corrected chi connectivity index (χ4v) is 1.20. The van der Waals surface area contributed by atoms with Crippen LogP contribution >= 0.6 is 0 Å². The third-order valence-corrected chi connectivity index (χ3v) is 1.87. The Bertz CT molecular complexity index is 331. The molecule has 0 saturated heterocycles. The van der Waals surface area contributed by atoms with Gasteiger partial charge in [-0.1, -0.05) is 30.3 Å². The molecule has 0 heterocycles. The fraction of sp³-hybridized carbons (Fsp3) is 0.200. The molecule has 1 rings (SSSR count). The minimum Gasteiger partial charge on any atom is -0.549 e. The van der Waals surface area contributed by atoms with Crippen LogP contribution in [0.2, 0.25) is 0 Å². The zero-order valence-electron chi connectivity index (χ0n) is 7.34. The maximum absolute atomic E-state index is 10.7. The van der Waals surface area contributed by atoms with Crippen molar-refractivity contribution in [1.82, 2.24) is 0 Å². The van der Waals surface area contributed by atoms with E-state index < -0.39 is 24.3 Å². The number of hydrogen-bond acceptors (Lipinski definition) is 3. The molecule has 0 aliphatic rings. The van der Waals surface area contributed by atoms with Crippen molar-refractivity contribution in [2.45, 2.75) is 12.3 Å². The van der Waals surface area contributed by atoms with Crippen molar-refractivity contribution in [3.05, 3.63) is 35.9 Å². The van der Waals surface area contributed by atoms with Crippen LogP contribution in [0.15, 0.2) is 30.3 Å². The first kappa shape index (κ1) is 10.2. The zero-order valence-corrected chi connectivity index (χ0v) is 7.34. The van der Waals surface area contributed by atoms with Gasteiger partial charge in [0.2, 0.25) is 0 Å². The Labute approximate surface area is 80.8 Å². The number of carboxylic acids is 2. The molecule has 74 valence electrons. The van der Waals surface area contributed by atoms with Gasteiger partial charge in [-0.05, 0) is 5.56 Å². The van der Waals surface area contributed by atoms with Crippen molar-refractivity contribution in [1.29, 1.82) is 0 Å². The average Bonchev–Trinajstić information content (AvgIpc) is 2.15. The van der Waals surface area contributed by atoms with Crippen LogP contribution in [-0.4, -0.2) is 17.0 Å². The van der Waals surface area contributed by atoms with Crippen LogP contribution in [0.1, 0.15) is 17.9 Å². The standard InChI is InChI=1S/C10H10O4/c11-9(12)6-8(10(13)14)7-4-2-1-3-5-7/h1-5,8H,6H2,(H,11,12)(H,13,14)/p-1/t8-/m0/s1. The van der Waals surface area contributed by atoms with Crippen LogP contribution in [0.4, 0.5) is 0 Å². The van der Waals surface area contributed by atoms with Crippen LogP contribution in [-0.2, 0) is 9.59 Å². The van der Waals surface area contributed by atoms with E-state index in [2.05, 4.69) is 0 Å². The second-order valence-corrected chi connectivity index (χ2v) is 2.88. The van der Waals surface area contributed by atoms with Crippen molar-refractivity contribution in [3.8, 4) is 0 Å². The van der Waals surface area contributed by atoms with Gasteiger partial charge in [-0.3, -0.25) is 4.79 Å². The lowest BCUT2D eigenvalue weighted by molar-refractivity contribution is -0.308. The van der Waals surface area contributed by atoms with Gasteiger partial charge in [0, 0.05) is 11.9 Å². The van der Waals surface area contributed by atoms with E-state index in [4.69, 9.17) is 5.11 Å². The van der Waals surface area contributed by atoms with Gasteiger partial charge in [0.1, 0.15) is 0 Å². The van der Waals surface area contributed by atoms with Gasteiger partial charge in [0.05, 0.1) is 6.42 Å². The number of aliphatic carboxylic acids is 2. The summed E-state index contributed by atoms with van der Waals surface area (Å²) in [4.78, 5) is 21.1. The molecule has 0 saturated carbocycles. The molecule has 1 aromatic rings. The van der Waals surface area contributed by atoms with Gasteiger partial charge >= 0.3 is 5.97 Å². The van der Waals surface area contributed by atoms with Gasteiger partial charge in [-0.2, -0.15) is 0 Å². The van der Waals surface area contributed by atoms with E-state index in [0.29, 0.717) is 5.56 Å². The monoisotopic (exact) mass is 193 g/mol. The first-order valence-electron chi connectivity index (χ1n) is 4.09. The third kappa shape index (κ3) is 2.58. The van der Waals surface area contributed by atoms with E-state index in [9.17, 15) is 14.7 Å². The highest BCUT2D eigenvalue weighted by Crippen LogP contribution is 2.18. The summed E-state index contributed by atoms with van der Waals surface area (Å²) in [5.74, 6) is -3.59. The quantitative estimate of drug-likeness (QED) is 0.729. The normalized spacial score (nSPS) is 12.0. The molecule has 0 aliphatic heterocycles. The average molecular weight is 193 g/mol. The summed E-state index contributed by atoms with van der Waals surface area (Å²) in [6, 6.07) is 8.20. The zero-order chi connectivity index (χ0) is 10.6. The number of carboxylic acid groups (broad SMARTS) is 2. The summed E-state index contributed by atoms with van der Waals surface area (Å²) < 4.78 is 0. The second-order valence-electron chi connectivity index (χ2n) is 2.88. The van der Waals surface area contributed by atoms with Gasteiger partial charge in [0.15, 0.2) is 0 Å². The lowest BCUT2D eigenvalue weighted by Crippen LogP contribution is -2.31. The summed E-state index contributed by atoms with van der Waals surface area (Å²) in [6.07, 6.45) is -0.452. The SMILES string of the molecule is O=C(O)C[C@H](C(=O)[O-])c1ccccc1. The molecule has 0 amide bonds. The van der Waals surface area contributed by atoms with Gasteiger partial charge < -0.3 is 15.0 Å². The molecule has 0 aliphatic carbocycles. The summed E-state index contributed by atoms with van der Waals surface area (Å²) >= 11 is 0. The van der Waals surface area contributed by atoms with E-state index in [1.54, 1.807) is 30.3 Å². The molecule has 14 heavy (non-hydrogen) atoms. The molecule has 0 unspecified atom stereocenters. The summed E-state index contributed by atoms with van der Waals surface area (Å²) in [7, 11) is 0. The van der Waals surface area contributed by atoms with Crippen LogP contribution in [0.25, 0.3) is 0 Å². The molecule has 0 aromatic heterocycles. The predicted octanol–water partition coefficient (Wildman–Crippen LogP) is -0.00520. The van der Waals surface area contributed by atoms with E-state index in [1.165, 1.54) is 0 Å². The lowest BCUT2D eigenvalue weighted by Gasteiger charge is -2.15. The van der Waals surface area contributed by atoms with Crippen molar-refractivity contribution in [3.63, 3.8) is 0 Å². The Kier molecular flexibility index (Phi) is 3.23. The summed E-state index contributed by atoms with van der Waals surface area (Å²) in [6.45, 7) is 0. The van der Waals surface area contributed by atoms with Crippen LogP contribution in [0.5, 0.6) is 0 Å². The van der Waals surface area contributed by atoms with E-state index in [1.807, 2.05) is 0 Å². The lowest BCUT2D eigenvalue weighted by atomic mass is 9.96. The minimum atomic E-state index is -1.36. The first-order valence-corrected chi connectivity index (χ1v) is 4.09. The van der Waals surface area contributed by atoms with Crippen molar-refractivity contribution in [2.75, 3.05) is 0 Å². The number of rotatable bonds is 4. The van der Waals surface area contributed by atoms with E-state index >= 15 is 0 Å². The molecule has 1 atom stereocenters. The van der Waals surface area contributed by atoms with Crippen LogP contribution in [0, 0.1) is 0 Å². The Hall–Kier alpha value is -1.84. The van der Waals surface area contributed by atoms with Crippen molar-refractivity contribution < 1.29 is 19.8 Å². The predicted molar refractivity (Wildman–Crippen MR) is 46.4 cm³/mol. The molecule has 0 radical (unpaired) electrons. The van der Waals surface area contributed by atoms with Gasteiger partial charge in [-0.25, -0.2) is 0 Å². The van der Waals surface area contributed by atoms with Crippen molar-refractivity contribution in [2.24, 2.45) is 0 Å². The maximum Gasteiger partial charge on any atom is 0.304 e. The first-order chi connectivity index (χ1) is 6.61. The summed E-state index contributed by atoms with van der Waals surface area (Å²) in [5, 5.41) is 19.2. The van der Waals surface area contributed by atoms with Crippen LogP contribution in [0.3, 0.4) is 0 Å². The topological polar surface area (TPSA) is 77.4 Å². The van der Waals surface area contributed by atoms with E-state index in [0.717, 1.165) is 0 Å². The van der Waals surface area contributed by atoms with Crippen LogP contribution < -0.4 is 5.11 Å². The minimum absolute atomic E-state index is 0.452. The Morgan fingerprint density at radius 1 is 1.29 bits per heavy atom. The Morgan fingerprint density at radius 3 is 2.29 bits per heavy atom. The van der Waals surface area contributed by atoms with Gasteiger partial charge in [-0.15, -0.1) is 0 Å². The fourth-order valence-electron chi connectivity index (χ4n) is 1.20. The summed E-state index contributed by atoms with van der Waals surface area (Å²) in [5.41, 5.74) is 0.454. The molecule has 0 spiro atoms. The highest BCUT2D eigenvalue weighted by atomic mass is 16.4. The highest BCUT2D eigenvalue weighted by molar-refractivity contribution is 5.81. The largest absolute Gasteiger partial charge is 0.549 e. The molecule has 4 heteroatoms. The maximum atomic E-state index is 10.7. The molecule has 4 nitrogen and oxygen atoms in total. The molecule has 1 aromatic carbocycles. The van der Waals surface area contributed by atoms with Crippen molar-refractivity contribution >= 4 is 11.9 Å². The number of hydrogen-bond donors (Lipinski definition) is 1. The highest BCUT2D eigenvalue weighted by Gasteiger charge is 2.15. The van der Waals surface area contributed by atoms with E-state index in [-0.39, 0.29) is 0 Å². The third-order valence-electron chi connectivity index (χ3n) is 1.87. The number of benzene rings is 1. The number of carbonyl (C=O) groups excluding carboxylic acids is 1. The number of carbonyl (C=O) groups is 2. The van der Waals surface area contributed by atoms with Gasteiger partial charge in [0.25, 0.3) is 0 Å². The smallest absolute Gasteiger partial charge is 0.304 e. The molecule has 1 N–H and O–H groups in total. The Balaban J connectivity index is 2.89.